The highest BCUT2D eigenvalue weighted by atomic mass is 32.3. The van der Waals surface area contributed by atoms with E-state index in [-0.39, 0.29) is 0 Å². The molecule has 0 bridgehead atoms. The van der Waals surface area contributed by atoms with Crippen molar-refractivity contribution in [2.45, 2.75) is 0 Å². The summed E-state index contributed by atoms with van der Waals surface area (Å²) < 4.78 is 0. The van der Waals surface area contributed by atoms with E-state index < -0.39 is 9.16 Å². The molecule has 3 nitrogen and oxygen atoms in total. The molecule has 0 spiro atoms. The summed E-state index contributed by atoms with van der Waals surface area (Å²) in [5, 5.41) is 30.5. The molecule has 0 heterocycles. The molecule has 0 N–H and O–H groups in total. The van der Waals surface area contributed by atoms with E-state index in [0.29, 0.717) is 0 Å². The topological polar surface area (TPSA) is 71.4 Å². The summed E-state index contributed by atoms with van der Waals surface area (Å²) in [6, 6.07) is 0. The first-order valence-corrected chi connectivity index (χ1v) is 5.37. The van der Waals surface area contributed by atoms with Crippen LogP contribution in [-0.4, -0.2) is 12.5 Å². The molecule has 48 valence electrons. The van der Waals surface area contributed by atoms with Crippen molar-refractivity contribution in [3.8, 4) is 16.2 Å². The number of nitriles is 3. The van der Waals surface area contributed by atoms with Crippen LogP contribution in [0.3, 0.4) is 0 Å². The van der Waals surface area contributed by atoms with Crippen LogP contribution < -0.4 is 0 Å². The molecule has 0 amide bonds. The van der Waals surface area contributed by atoms with Gasteiger partial charge in [0, 0.05) is 0 Å². The third-order valence-electron chi connectivity index (χ3n) is 0.900. The lowest BCUT2D eigenvalue weighted by Crippen LogP contribution is -2.04. The quantitative estimate of drug-likeness (QED) is 0.400. The van der Waals surface area contributed by atoms with Gasteiger partial charge in [0.1, 0.15) is 16.2 Å². The van der Waals surface area contributed by atoms with Gasteiger partial charge in [-0.15, -0.1) is 0 Å². The zero-order chi connectivity index (χ0) is 7.57. The second kappa shape index (κ2) is 1.65. The molecular weight excluding hydrogens is 134 g/mol. The summed E-state index contributed by atoms with van der Waals surface area (Å²) in [7, 11) is -3.21. The monoisotopic (exact) mass is 141 g/mol. The summed E-state index contributed by atoms with van der Waals surface area (Å²) in [6.07, 6.45) is 2.84. The van der Waals surface area contributed by atoms with Crippen molar-refractivity contribution >= 4 is 9.16 Å². The Bertz CT molecular complexity index is 204. The Morgan fingerprint density at radius 3 is 1.11 bits per heavy atom. The lowest BCUT2D eigenvalue weighted by Gasteiger charge is -2.29. The van der Waals surface area contributed by atoms with E-state index in [1.54, 1.807) is 16.2 Å². The molecule has 0 aromatic heterocycles. The van der Waals surface area contributed by atoms with Crippen molar-refractivity contribution in [2.75, 3.05) is 12.5 Å². The summed E-state index contributed by atoms with van der Waals surface area (Å²) in [4.78, 5) is 0. The van der Waals surface area contributed by atoms with Crippen molar-refractivity contribution in [2.24, 2.45) is 0 Å². The maximum atomic E-state index is 8.41. The van der Waals surface area contributed by atoms with Crippen molar-refractivity contribution in [1.29, 1.82) is 15.8 Å². The molecule has 0 fully saturated rings. The minimum absolute atomic E-state index is 1.42. The van der Waals surface area contributed by atoms with Gasteiger partial charge in [0.25, 0.3) is 0 Å². The van der Waals surface area contributed by atoms with Gasteiger partial charge in [-0.25, -0.2) is 0 Å². The van der Waals surface area contributed by atoms with E-state index in [4.69, 9.17) is 15.8 Å². The van der Waals surface area contributed by atoms with Gasteiger partial charge in [-0.3, -0.25) is 0 Å². The van der Waals surface area contributed by atoms with E-state index in [2.05, 4.69) is 0 Å². The lowest BCUT2D eigenvalue weighted by molar-refractivity contribution is 1.53. The maximum Gasteiger partial charge on any atom is 0.119 e. The van der Waals surface area contributed by atoms with Gasteiger partial charge < -0.3 is 0 Å². The molecule has 0 aliphatic heterocycles. The lowest BCUT2D eigenvalue weighted by atomic mass is 11.7. The fourth-order valence-corrected chi connectivity index (χ4v) is 0.201. The molecule has 0 rings (SSSR count). The highest BCUT2D eigenvalue weighted by Crippen LogP contribution is 2.59. The minimum Gasteiger partial charge on any atom is -0.187 e. The van der Waals surface area contributed by atoms with Gasteiger partial charge in [0.15, 0.2) is 0 Å². The van der Waals surface area contributed by atoms with E-state index in [1.165, 1.54) is 12.5 Å². The van der Waals surface area contributed by atoms with Crippen LogP contribution in [0.25, 0.3) is 0 Å². The van der Waals surface area contributed by atoms with Gasteiger partial charge >= 0.3 is 0 Å². The average molecular weight is 141 g/mol. The Balaban J connectivity index is 5.06. The van der Waals surface area contributed by atoms with Crippen LogP contribution in [0, 0.1) is 32.0 Å². The fourth-order valence-electron chi connectivity index (χ4n) is 0.0671. The maximum absolute atomic E-state index is 8.41. The zero-order valence-electron chi connectivity index (χ0n) is 5.29. The number of thiocyanates is 3. The molecule has 0 radical (unpaired) electrons. The first-order valence-electron chi connectivity index (χ1n) is 2.24. The van der Waals surface area contributed by atoms with Crippen LogP contribution in [0.4, 0.5) is 0 Å². The molecule has 0 saturated carbocycles. The smallest absolute Gasteiger partial charge is 0.119 e. The molecule has 0 aromatic carbocycles. The Kier molecular flexibility index (Phi) is 1.44. The highest BCUT2D eigenvalue weighted by molar-refractivity contribution is 8.58. The Morgan fingerprint density at radius 1 is 0.889 bits per heavy atom. The highest BCUT2D eigenvalue weighted by Gasteiger charge is 2.28. The van der Waals surface area contributed by atoms with Crippen LogP contribution in [0.1, 0.15) is 0 Å². The van der Waals surface area contributed by atoms with E-state index in [1.807, 2.05) is 0 Å². The third-order valence-corrected chi connectivity index (χ3v) is 2.70. The minimum atomic E-state index is -3.21. The first kappa shape index (κ1) is 7.82. The number of nitrogens with zero attached hydrogens (tertiary/aromatic N) is 3. The SMILES string of the molecule is C[SH](C)(C#N)(C#N)C#N. The fraction of sp³-hybridized carbons (Fsp3) is 0.400. The number of thiol groups is 1. The van der Waals surface area contributed by atoms with E-state index >= 15 is 0 Å². The summed E-state index contributed by atoms with van der Waals surface area (Å²) in [6.45, 7) is 0. The Morgan fingerprint density at radius 2 is 1.11 bits per heavy atom. The molecule has 4 heteroatoms. The average Bonchev–Trinajstić information content (AvgIpc) is 1.90. The largest absolute Gasteiger partial charge is 0.187 e. The van der Waals surface area contributed by atoms with Crippen molar-refractivity contribution in [1.82, 2.24) is 0 Å². The van der Waals surface area contributed by atoms with Gasteiger partial charge in [0.05, 0.1) is 0 Å². The molecular formula is C5H7N3S. The van der Waals surface area contributed by atoms with E-state index in [0.717, 1.165) is 0 Å². The van der Waals surface area contributed by atoms with Crippen LogP contribution >= 0.6 is 9.16 Å². The molecule has 0 aromatic rings. The van der Waals surface area contributed by atoms with Crippen LogP contribution in [0.2, 0.25) is 0 Å². The number of hydrogen-bond acceptors (Lipinski definition) is 3. The molecule has 0 aliphatic carbocycles. The van der Waals surface area contributed by atoms with E-state index in [9.17, 15) is 0 Å². The summed E-state index contributed by atoms with van der Waals surface area (Å²) >= 11 is 0. The predicted octanol–water partition coefficient (Wildman–Crippen LogP) is 0.762. The van der Waals surface area contributed by atoms with Gasteiger partial charge in [-0.2, -0.15) is 15.8 Å². The Hall–Kier alpha value is -1.18. The number of hydrogen-bond donors (Lipinski definition) is 1. The molecule has 0 saturated heterocycles. The summed E-state index contributed by atoms with van der Waals surface area (Å²) in [5.74, 6) is 0. The zero-order valence-corrected chi connectivity index (χ0v) is 6.18. The van der Waals surface area contributed by atoms with Crippen molar-refractivity contribution < 1.29 is 0 Å². The Labute approximate surface area is 54.4 Å². The van der Waals surface area contributed by atoms with Crippen LogP contribution in [0.5, 0.6) is 0 Å². The van der Waals surface area contributed by atoms with Gasteiger partial charge in [-0.1, -0.05) is 9.16 Å². The molecule has 0 aliphatic rings. The van der Waals surface area contributed by atoms with Gasteiger partial charge in [-0.05, 0) is 12.5 Å². The number of rotatable bonds is 0. The third kappa shape index (κ3) is 1.35. The second-order valence-corrected chi connectivity index (χ2v) is 7.27. The first-order chi connectivity index (χ1) is 3.96. The van der Waals surface area contributed by atoms with Gasteiger partial charge in [0.2, 0.25) is 0 Å². The summed E-state index contributed by atoms with van der Waals surface area (Å²) in [5.41, 5.74) is 0. The van der Waals surface area contributed by atoms with Crippen LogP contribution in [-0.2, 0) is 0 Å². The molecule has 9 heavy (non-hydrogen) atoms. The normalized spacial score (nSPS) is 13.4. The predicted molar refractivity (Wildman–Crippen MR) is 37.7 cm³/mol. The van der Waals surface area contributed by atoms with Crippen molar-refractivity contribution in [3.05, 3.63) is 0 Å². The molecule has 0 atom stereocenters. The van der Waals surface area contributed by atoms with Crippen molar-refractivity contribution in [3.63, 3.8) is 0 Å². The molecule has 0 unspecified atom stereocenters. The second-order valence-electron chi connectivity index (χ2n) is 2.42. The van der Waals surface area contributed by atoms with Crippen LogP contribution in [0.15, 0.2) is 0 Å². The standard InChI is InChI=1S/C5H7N3S/c1-9(2,3-6,4-7)5-8/h9H,1-2H3.